The maximum Gasteiger partial charge on any atom is 0.407 e. The van der Waals surface area contributed by atoms with E-state index in [0.717, 1.165) is 38.6 Å². The maximum absolute atomic E-state index is 12.7. The Hall–Kier alpha value is -1.55. The van der Waals surface area contributed by atoms with E-state index < -0.39 is 0 Å². The third kappa shape index (κ3) is 4.85. The minimum absolute atomic E-state index is 0.0110. The van der Waals surface area contributed by atoms with E-state index in [9.17, 15) is 4.79 Å². The maximum atomic E-state index is 12.7. The molecule has 1 saturated carbocycles. The first-order valence-electron chi connectivity index (χ1n) is 12.1. The smallest absolute Gasteiger partial charge is 0.407 e. The number of likely N-dealkylation sites (tertiary alicyclic amines) is 1. The SMILES string of the molecule is CCC1(C)CC(OC(=O)NC2CCCCC2)C(C)C(C)(CC)N1Cc1ccccc1. The van der Waals surface area contributed by atoms with Crippen LogP contribution < -0.4 is 5.32 Å². The molecule has 2 fully saturated rings. The van der Waals surface area contributed by atoms with Crippen molar-refractivity contribution in [2.45, 2.75) is 116 Å². The molecule has 1 saturated heterocycles. The van der Waals surface area contributed by atoms with Crippen LogP contribution >= 0.6 is 0 Å². The highest BCUT2D eigenvalue weighted by molar-refractivity contribution is 5.67. The van der Waals surface area contributed by atoms with Gasteiger partial charge in [-0.3, -0.25) is 4.90 Å². The number of nitrogens with zero attached hydrogens (tertiary/aromatic N) is 1. The standard InChI is InChI=1S/C26H42N2O2/c1-6-25(4)18-23(30-24(29)27-22-16-12-9-13-17-22)20(3)26(5,7-2)28(25)19-21-14-10-8-11-15-21/h8,10-11,14-15,20,22-23H,6-7,9,12-13,16-19H2,1-5H3,(H,27,29). The molecule has 4 atom stereocenters. The third-order valence-corrected chi connectivity index (χ3v) is 8.29. The van der Waals surface area contributed by atoms with Crippen molar-refractivity contribution < 1.29 is 9.53 Å². The normalized spacial score (nSPS) is 33.2. The van der Waals surface area contributed by atoms with Crippen LogP contribution in [-0.2, 0) is 11.3 Å². The van der Waals surface area contributed by atoms with Crippen LogP contribution in [0.3, 0.4) is 0 Å². The lowest BCUT2D eigenvalue weighted by molar-refractivity contribution is -0.142. The number of ether oxygens (including phenoxy) is 1. The number of hydrogen-bond acceptors (Lipinski definition) is 3. The number of amides is 1. The van der Waals surface area contributed by atoms with Crippen LogP contribution in [0.2, 0.25) is 0 Å². The van der Waals surface area contributed by atoms with Crippen LogP contribution in [0.5, 0.6) is 0 Å². The fourth-order valence-electron chi connectivity index (χ4n) is 5.70. The zero-order chi connectivity index (χ0) is 21.8. The highest BCUT2D eigenvalue weighted by Gasteiger charge is 2.53. The van der Waals surface area contributed by atoms with Crippen molar-refractivity contribution in [2.24, 2.45) is 5.92 Å². The Kier molecular flexibility index (Phi) is 7.49. The molecule has 1 aliphatic carbocycles. The molecule has 0 spiro atoms. The highest BCUT2D eigenvalue weighted by atomic mass is 16.6. The van der Waals surface area contributed by atoms with Gasteiger partial charge in [0.1, 0.15) is 6.10 Å². The molecular weight excluding hydrogens is 372 g/mol. The quantitative estimate of drug-likeness (QED) is 0.594. The zero-order valence-electron chi connectivity index (χ0n) is 19.7. The first-order valence-corrected chi connectivity index (χ1v) is 12.1. The predicted octanol–water partition coefficient (Wildman–Crippen LogP) is 6.29. The number of carbonyl (C=O) groups excluding carboxylic acids is 1. The van der Waals surface area contributed by atoms with Crippen molar-refractivity contribution in [1.82, 2.24) is 10.2 Å². The minimum atomic E-state index is -0.216. The van der Waals surface area contributed by atoms with Gasteiger partial charge < -0.3 is 10.1 Å². The Morgan fingerprint density at radius 1 is 1.10 bits per heavy atom. The Labute approximate surface area is 183 Å². The monoisotopic (exact) mass is 414 g/mol. The van der Waals surface area contributed by atoms with Crippen LogP contribution in [0.4, 0.5) is 4.79 Å². The molecule has 1 aliphatic heterocycles. The second-order valence-electron chi connectivity index (χ2n) is 10.0. The molecule has 4 nitrogen and oxygen atoms in total. The lowest BCUT2D eigenvalue weighted by Crippen LogP contribution is -2.67. The van der Waals surface area contributed by atoms with E-state index in [1.165, 1.54) is 24.8 Å². The van der Waals surface area contributed by atoms with Gasteiger partial charge in [0.2, 0.25) is 0 Å². The van der Waals surface area contributed by atoms with Crippen LogP contribution in [0.15, 0.2) is 30.3 Å². The summed E-state index contributed by atoms with van der Waals surface area (Å²) in [5.41, 5.74) is 1.30. The Balaban J connectivity index is 1.77. The molecule has 1 N–H and O–H groups in total. The highest BCUT2D eigenvalue weighted by Crippen LogP contribution is 2.47. The van der Waals surface area contributed by atoms with Crippen LogP contribution in [0.1, 0.15) is 91.5 Å². The molecule has 30 heavy (non-hydrogen) atoms. The minimum Gasteiger partial charge on any atom is -0.446 e. The fourth-order valence-corrected chi connectivity index (χ4v) is 5.70. The number of benzene rings is 1. The number of hydrogen-bond donors (Lipinski definition) is 1. The van der Waals surface area contributed by atoms with E-state index in [1.807, 2.05) is 0 Å². The van der Waals surface area contributed by atoms with E-state index in [2.05, 4.69) is 75.2 Å². The van der Waals surface area contributed by atoms with Crippen molar-refractivity contribution in [3.63, 3.8) is 0 Å². The molecule has 0 aromatic heterocycles. The van der Waals surface area contributed by atoms with E-state index in [1.54, 1.807) is 0 Å². The van der Waals surface area contributed by atoms with Crippen molar-refractivity contribution in [2.75, 3.05) is 0 Å². The van der Waals surface area contributed by atoms with Crippen molar-refractivity contribution in [1.29, 1.82) is 0 Å². The summed E-state index contributed by atoms with van der Waals surface area (Å²) >= 11 is 0. The molecule has 4 unspecified atom stereocenters. The van der Waals surface area contributed by atoms with E-state index in [0.29, 0.717) is 0 Å². The van der Waals surface area contributed by atoms with Crippen LogP contribution in [0, 0.1) is 5.92 Å². The summed E-state index contributed by atoms with van der Waals surface area (Å²) in [6, 6.07) is 11.0. The Bertz CT molecular complexity index is 688. The molecule has 0 bridgehead atoms. The second kappa shape index (κ2) is 9.72. The number of alkyl carbamates (subject to hydrolysis) is 1. The summed E-state index contributed by atoms with van der Waals surface area (Å²) in [4.78, 5) is 15.4. The molecule has 2 aliphatic rings. The largest absolute Gasteiger partial charge is 0.446 e. The molecule has 1 heterocycles. The molecule has 1 amide bonds. The van der Waals surface area contributed by atoms with Gasteiger partial charge in [0.15, 0.2) is 0 Å². The van der Waals surface area contributed by atoms with Gasteiger partial charge in [-0.05, 0) is 45.1 Å². The molecular formula is C26H42N2O2. The summed E-state index contributed by atoms with van der Waals surface area (Å²) in [6.45, 7) is 12.5. The van der Waals surface area contributed by atoms with Gasteiger partial charge >= 0.3 is 6.09 Å². The Morgan fingerprint density at radius 3 is 2.37 bits per heavy atom. The molecule has 1 aromatic rings. The van der Waals surface area contributed by atoms with Gasteiger partial charge in [-0.15, -0.1) is 0 Å². The van der Waals surface area contributed by atoms with Gasteiger partial charge in [-0.2, -0.15) is 0 Å². The van der Waals surface area contributed by atoms with E-state index >= 15 is 0 Å². The lowest BCUT2D eigenvalue weighted by Gasteiger charge is -2.60. The molecule has 168 valence electrons. The summed E-state index contributed by atoms with van der Waals surface area (Å²) in [6.07, 6.45) is 8.54. The fraction of sp³-hybridized carbons (Fsp3) is 0.731. The van der Waals surface area contributed by atoms with Gasteiger partial charge in [0.25, 0.3) is 0 Å². The summed E-state index contributed by atoms with van der Waals surface area (Å²) in [5, 5.41) is 3.15. The van der Waals surface area contributed by atoms with Gasteiger partial charge in [0.05, 0.1) is 0 Å². The van der Waals surface area contributed by atoms with E-state index in [-0.39, 0.29) is 35.2 Å². The summed E-state index contributed by atoms with van der Waals surface area (Å²) in [7, 11) is 0. The number of piperidine rings is 1. The molecule has 4 heteroatoms. The average molecular weight is 415 g/mol. The van der Waals surface area contributed by atoms with Crippen LogP contribution in [0.25, 0.3) is 0 Å². The van der Waals surface area contributed by atoms with Crippen molar-refractivity contribution in [3.8, 4) is 0 Å². The number of carbonyl (C=O) groups is 1. The van der Waals surface area contributed by atoms with Crippen molar-refractivity contribution in [3.05, 3.63) is 35.9 Å². The first kappa shape index (κ1) is 23.1. The predicted molar refractivity (Wildman–Crippen MR) is 123 cm³/mol. The lowest BCUT2D eigenvalue weighted by atomic mass is 9.67. The summed E-state index contributed by atoms with van der Waals surface area (Å²) < 4.78 is 6.12. The molecule has 1 aromatic carbocycles. The molecule has 0 radical (unpaired) electrons. The first-order chi connectivity index (χ1) is 14.3. The average Bonchev–Trinajstić information content (AvgIpc) is 2.76. The Morgan fingerprint density at radius 2 is 1.77 bits per heavy atom. The van der Waals surface area contributed by atoms with Crippen molar-refractivity contribution >= 4 is 6.09 Å². The van der Waals surface area contributed by atoms with Crippen LogP contribution in [-0.4, -0.2) is 34.2 Å². The van der Waals surface area contributed by atoms with Gasteiger partial charge in [-0.1, -0.05) is 70.4 Å². The zero-order valence-corrected chi connectivity index (χ0v) is 19.7. The van der Waals surface area contributed by atoms with Gasteiger partial charge in [0, 0.05) is 36.0 Å². The van der Waals surface area contributed by atoms with Gasteiger partial charge in [-0.25, -0.2) is 4.79 Å². The second-order valence-corrected chi connectivity index (χ2v) is 10.0. The third-order valence-electron chi connectivity index (χ3n) is 8.29. The number of rotatable bonds is 6. The summed E-state index contributed by atoms with van der Waals surface area (Å²) in [5.74, 6) is 0.267. The number of nitrogens with one attached hydrogen (secondary N) is 1. The van der Waals surface area contributed by atoms with E-state index in [4.69, 9.17) is 4.74 Å². The topological polar surface area (TPSA) is 41.6 Å². The molecule has 3 rings (SSSR count).